The number of nitrogens with one attached hydrogen (secondary N) is 1. The third-order valence-electron chi connectivity index (χ3n) is 4.20. The second-order valence-electron chi connectivity index (χ2n) is 5.95. The predicted molar refractivity (Wildman–Crippen MR) is 89.7 cm³/mol. The minimum atomic E-state index is -0.225. The molecule has 6 heteroatoms. The lowest BCUT2D eigenvalue weighted by molar-refractivity contribution is -0.0266. The van der Waals surface area contributed by atoms with Crippen LogP contribution in [-0.4, -0.2) is 45.5 Å². The van der Waals surface area contributed by atoms with Crippen LogP contribution >= 0.6 is 0 Å². The van der Waals surface area contributed by atoms with E-state index in [1.807, 2.05) is 37.3 Å². The molecule has 1 amide bonds. The number of pyridine rings is 1. The van der Waals surface area contributed by atoms with Gasteiger partial charge in [0, 0.05) is 23.8 Å². The number of ether oxygens (including phenoxy) is 1. The number of aromatic amines is 1. The van der Waals surface area contributed by atoms with Crippen molar-refractivity contribution in [3.8, 4) is 0 Å². The molecule has 1 aliphatic heterocycles. The van der Waals surface area contributed by atoms with Crippen LogP contribution in [0.5, 0.6) is 0 Å². The second kappa shape index (κ2) is 6.05. The van der Waals surface area contributed by atoms with Gasteiger partial charge in [0.2, 0.25) is 0 Å². The average molecular weight is 322 g/mol. The predicted octanol–water partition coefficient (Wildman–Crippen LogP) is 2.48. The van der Waals surface area contributed by atoms with Gasteiger partial charge in [0.1, 0.15) is 17.6 Å². The molecular formula is C18H18N4O2. The highest BCUT2D eigenvalue weighted by atomic mass is 16.5. The van der Waals surface area contributed by atoms with Crippen LogP contribution in [-0.2, 0) is 4.74 Å². The van der Waals surface area contributed by atoms with E-state index in [1.165, 1.54) is 0 Å². The van der Waals surface area contributed by atoms with Gasteiger partial charge in [0.05, 0.1) is 18.7 Å². The number of H-pyrrole nitrogens is 1. The molecule has 3 aromatic rings. The first-order chi connectivity index (χ1) is 11.7. The lowest BCUT2D eigenvalue weighted by Crippen LogP contribution is -2.42. The number of hydrogen-bond donors (Lipinski definition) is 1. The molecule has 6 nitrogen and oxygen atoms in total. The molecular weight excluding hydrogens is 304 g/mol. The smallest absolute Gasteiger partial charge is 0.272 e. The lowest BCUT2D eigenvalue weighted by Gasteiger charge is -2.31. The van der Waals surface area contributed by atoms with Crippen molar-refractivity contribution < 1.29 is 9.53 Å². The van der Waals surface area contributed by atoms with Gasteiger partial charge in [0.25, 0.3) is 5.91 Å². The summed E-state index contributed by atoms with van der Waals surface area (Å²) < 4.78 is 5.76. The van der Waals surface area contributed by atoms with E-state index in [0.29, 0.717) is 25.4 Å². The Kier molecular flexibility index (Phi) is 3.74. The summed E-state index contributed by atoms with van der Waals surface area (Å²) in [6, 6.07) is 11.5. The van der Waals surface area contributed by atoms with Crippen LogP contribution in [0.25, 0.3) is 10.9 Å². The van der Waals surface area contributed by atoms with Gasteiger partial charge in [-0.2, -0.15) is 0 Å². The average Bonchev–Trinajstić information content (AvgIpc) is 3.07. The van der Waals surface area contributed by atoms with Gasteiger partial charge < -0.3 is 14.6 Å². The number of morpholine rings is 1. The number of benzene rings is 1. The first-order valence-electron chi connectivity index (χ1n) is 7.99. The van der Waals surface area contributed by atoms with Crippen molar-refractivity contribution in [2.75, 3.05) is 19.7 Å². The van der Waals surface area contributed by atoms with Crippen LogP contribution in [0.3, 0.4) is 0 Å². The molecule has 1 saturated heterocycles. The molecule has 1 aromatic carbocycles. The number of aryl methyl sites for hydroxylation is 1. The Morgan fingerprint density at radius 1 is 1.29 bits per heavy atom. The highest BCUT2D eigenvalue weighted by molar-refractivity contribution is 5.95. The standard InChI is InChI=1S/C18H18N4O2/c1-12-10-19-17(20-12)16-11-22(8-9-24-16)18(23)15-7-6-13-4-2-3-5-14(13)21-15/h2-7,10,16H,8-9,11H2,1H3,(H,19,20)/t16-/m0/s1. The molecule has 3 heterocycles. The molecule has 122 valence electrons. The quantitative estimate of drug-likeness (QED) is 0.787. The van der Waals surface area contributed by atoms with Gasteiger partial charge >= 0.3 is 0 Å². The van der Waals surface area contributed by atoms with Crippen LogP contribution in [0, 0.1) is 6.92 Å². The number of carbonyl (C=O) groups excluding carboxylic acids is 1. The Labute approximate surface area is 139 Å². The zero-order valence-electron chi connectivity index (χ0n) is 13.4. The van der Waals surface area contributed by atoms with Crippen molar-refractivity contribution in [3.63, 3.8) is 0 Å². The summed E-state index contributed by atoms with van der Waals surface area (Å²) in [4.78, 5) is 26.6. The third-order valence-corrected chi connectivity index (χ3v) is 4.20. The molecule has 0 bridgehead atoms. The van der Waals surface area contributed by atoms with E-state index in [1.54, 1.807) is 17.2 Å². The maximum atomic E-state index is 12.8. The third kappa shape index (κ3) is 2.76. The molecule has 0 aliphatic carbocycles. The van der Waals surface area contributed by atoms with E-state index >= 15 is 0 Å². The molecule has 0 unspecified atom stereocenters. The molecule has 2 aromatic heterocycles. The highest BCUT2D eigenvalue weighted by Crippen LogP contribution is 2.21. The summed E-state index contributed by atoms with van der Waals surface area (Å²) in [5.41, 5.74) is 2.27. The molecule has 1 aliphatic rings. The van der Waals surface area contributed by atoms with E-state index < -0.39 is 0 Å². The van der Waals surface area contributed by atoms with Crippen molar-refractivity contribution in [2.45, 2.75) is 13.0 Å². The van der Waals surface area contributed by atoms with Crippen molar-refractivity contribution in [1.29, 1.82) is 0 Å². The summed E-state index contributed by atoms with van der Waals surface area (Å²) in [6.45, 7) is 3.47. The van der Waals surface area contributed by atoms with E-state index in [0.717, 1.165) is 22.4 Å². The Morgan fingerprint density at radius 2 is 2.17 bits per heavy atom. The zero-order chi connectivity index (χ0) is 16.5. The van der Waals surface area contributed by atoms with Crippen molar-refractivity contribution in [1.82, 2.24) is 19.9 Å². The maximum Gasteiger partial charge on any atom is 0.272 e. The van der Waals surface area contributed by atoms with Gasteiger partial charge in [-0.25, -0.2) is 9.97 Å². The normalized spacial score (nSPS) is 18.0. The molecule has 1 atom stereocenters. The molecule has 0 saturated carbocycles. The number of fused-ring (bicyclic) bond motifs is 1. The first kappa shape index (κ1) is 14.8. The number of imidazole rings is 1. The summed E-state index contributed by atoms with van der Waals surface area (Å²) >= 11 is 0. The summed E-state index contributed by atoms with van der Waals surface area (Å²) in [7, 11) is 0. The van der Waals surface area contributed by atoms with Crippen LogP contribution in [0.15, 0.2) is 42.6 Å². The molecule has 1 N–H and O–H groups in total. The molecule has 0 radical (unpaired) electrons. The molecule has 24 heavy (non-hydrogen) atoms. The summed E-state index contributed by atoms with van der Waals surface area (Å²) in [5, 5.41) is 1.03. The second-order valence-corrected chi connectivity index (χ2v) is 5.95. The summed E-state index contributed by atoms with van der Waals surface area (Å²) in [6.07, 6.45) is 1.54. The van der Waals surface area contributed by atoms with Crippen LogP contribution < -0.4 is 0 Å². The Hall–Kier alpha value is -2.73. The Bertz CT molecular complexity index is 889. The van der Waals surface area contributed by atoms with Gasteiger partial charge in [0.15, 0.2) is 0 Å². The van der Waals surface area contributed by atoms with E-state index in [2.05, 4.69) is 15.0 Å². The number of rotatable bonds is 2. The van der Waals surface area contributed by atoms with Gasteiger partial charge in [-0.1, -0.05) is 24.3 Å². The number of aromatic nitrogens is 3. The first-order valence-corrected chi connectivity index (χ1v) is 7.99. The fraction of sp³-hybridized carbons (Fsp3) is 0.278. The van der Waals surface area contributed by atoms with E-state index in [-0.39, 0.29) is 12.0 Å². The fourth-order valence-electron chi connectivity index (χ4n) is 2.94. The Balaban J connectivity index is 1.56. The maximum absolute atomic E-state index is 12.8. The topological polar surface area (TPSA) is 71.1 Å². The fourth-order valence-corrected chi connectivity index (χ4v) is 2.94. The number of para-hydroxylation sites is 1. The van der Waals surface area contributed by atoms with Gasteiger partial charge in [-0.3, -0.25) is 4.79 Å². The summed E-state index contributed by atoms with van der Waals surface area (Å²) in [5.74, 6) is 0.689. The van der Waals surface area contributed by atoms with Crippen molar-refractivity contribution >= 4 is 16.8 Å². The van der Waals surface area contributed by atoms with E-state index in [4.69, 9.17) is 4.74 Å². The highest BCUT2D eigenvalue weighted by Gasteiger charge is 2.28. The van der Waals surface area contributed by atoms with Crippen LogP contribution in [0.4, 0.5) is 0 Å². The minimum Gasteiger partial charge on any atom is -0.367 e. The number of hydrogen-bond acceptors (Lipinski definition) is 4. The molecule has 1 fully saturated rings. The monoisotopic (exact) mass is 322 g/mol. The minimum absolute atomic E-state index is 0.0719. The SMILES string of the molecule is Cc1cnc([C@@H]2CN(C(=O)c3ccc4ccccc4n3)CCO2)[nH]1. The number of carbonyl (C=O) groups is 1. The Morgan fingerprint density at radius 3 is 3.00 bits per heavy atom. The zero-order valence-corrected chi connectivity index (χ0v) is 13.4. The number of amides is 1. The molecule has 4 rings (SSSR count). The van der Waals surface area contributed by atoms with Crippen LogP contribution in [0.1, 0.15) is 28.1 Å². The van der Waals surface area contributed by atoms with E-state index in [9.17, 15) is 4.79 Å². The molecule has 0 spiro atoms. The lowest BCUT2D eigenvalue weighted by atomic mass is 10.2. The van der Waals surface area contributed by atoms with Gasteiger partial charge in [-0.05, 0) is 19.1 Å². The van der Waals surface area contributed by atoms with Gasteiger partial charge in [-0.15, -0.1) is 0 Å². The largest absolute Gasteiger partial charge is 0.367 e. The van der Waals surface area contributed by atoms with Crippen molar-refractivity contribution in [3.05, 3.63) is 59.8 Å². The number of nitrogens with zero attached hydrogens (tertiary/aromatic N) is 3. The van der Waals surface area contributed by atoms with Crippen LogP contribution in [0.2, 0.25) is 0 Å². The van der Waals surface area contributed by atoms with Crippen molar-refractivity contribution in [2.24, 2.45) is 0 Å².